The molecule has 2 aromatic rings. The molecule has 0 saturated carbocycles. The highest BCUT2D eigenvalue weighted by molar-refractivity contribution is 7.13. The van der Waals surface area contributed by atoms with Crippen LogP contribution in [0.25, 0.3) is 21.9 Å². The van der Waals surface area contributed by atoms with Crippen molar-refractivity contribution in [2.75, 3.05) is 0 Å². The lowest BCUT2D eigenvalue weighted by molar-refractivity contribution is 0.581. The summed E-state index contributed by atoms with van der Waals surface area (Å²) in [6.07, 6.45) is 4.00. The number of hydrogen-bond donors (Lipinski definition) is 0. The smallest absolute Gasteiger partial charge is 0.162 e. The van der Waals surface area contributed by atoms with E-state index in [4.69, 9.17) is 9.40 Å². The van der Waals surface area contributed by atoms with Crippen LogP contribution < -0.4 is 9.88 Å². The third-order valence-corrected chi connectivity index (χ3v) is 4.26. The Bertz CT molecular complexity index is 595. The Labute approximate surface area is 97.9 Å². The molecule has 0 N–H and O–H groups in total. The number of nitrogens with zero attached hydrogens (tertiary/aromatic N) is 1. The van der Waals surface area contributed by atoms with Gasteiger partial charge in [0.15, 0.2) is 10.8 Å². The summed E-state index contributed by atoms with van der Waals surface area (Å²) in [5.41, 5.74) is 2.85. The van der Waals surface area contributed by atoms with Crippen molar-refractivity contribution in [3.8, 4) is 10.8 Å². The minimum atomic E-state index is 0.875. The van der Waals surface area contributed by atoms with Crippen LogP contribution >= 0.6 is 11.3 Å². The molecule has 2 aromatic heterocycles. The van der Waals surface area contributed by atoms with Crippen LogP contribution in [0.4, 0.5) is 0 Å². The van der Waals surface area contributed by atoms with Crippen molar-refractivity contribution in [1.29, 1.82) is 0 Å². The van der Waals surface area contributed by atoms with Crippen LogP contribution in [0, 0.1) is 0 Å². The van der Waals surface area contributed by atoms with Gasteiger partial charge in [0.1, 0.15) is 0 Å². The van der Waals surface area contributed by atoms with Crippen molar-refractivity contribution >= 4 is 22.5 Å². The van der Waals surface area contributed by atoms with Gasteiger partial charge in [-0.05, 0) is 44.4 Å². The molecule has 16 heavy (non-hydrogen) atoms. The molecule has 2 nitrogen and oxygen atoms in total. The van der Waals surface area contributed by atoms with Crippen LogP contribution in [0.3, 0.4) is 0 Å². The first-order valence-corrected chi connectivity index (χ1v) is 6.27. The van der Waals surface area contributed by atoms with Crippen LogP contribution in [-0.4, -0.2) is 4.98 Å². The Morgan fingerprint density at radius 2 is 2.06 bits per heavy atom. The molecular formula is C13H13NOS. The van der Waals surface area contributed by atoms with E-state index < -0.39 is 0 Å². The Morgan fingerprint density at radius 3 is 2.75 bits per heavy atom. The van der Waals surface area contributed by atoms with Gasteiger partial charge >= 0.3 is 0 Å². The van der Waals surface area contributed by atoms with E-state index in [0.717, 1.165) is 17.2 Å². The van der Waals surface area contributed by atoms with Crippen molar-refractivity contribution < 1.29 is 4.42 Å². The van der Waals surface area contributed by atoms with Gasteiger partial charge in [0, 0.05) is 0 Å². The van der Waals surface area contributed by atoms with Gasteiger partial charge in [-0.2, -0.15) is 0 Å². The summed E-state index contributed by atoms with van der Waals surface area (Å²) in [6.45, 7) is 4.38. The molecule has 0 aromatic carbocycles. The maximum Gasteiger partial charge on any atom is 0.162 e. The third-order valence-electron chi connectivity index (χ3n) is 3.03. The van der Waals surface area contributed by atoms with E-state index in [0.29, 0.717) is 0 Å². The summed E-state index contributed by atoms with van der Waals surface area (Å²) < 4.78 is 6.74. The molecular weight excluding hydrogens is 218 g/mol. The standard InChI is InChI=1S/C13H13NOS/c1-8-5-6-9(2)12-11(8)14-13(16-12)10-4-3-7-15-10/h3-4,7H,5-6H2,1-2H3. The molecule has 0 saturated heterocycles. The molecule has 0 radical (unpaired) electrons. The zero-order valence-corrected chi connectivity index (χ0v) is 10.2. The molecule has 3 heteroatoms. The van der Waals surface area contributed by atoms with Crippen LogP contribution in [0.1, 0.15) is 26.7 Å². The van der Waals surface area contributed by atoms with Crippen LogP contribution in [-0.2, 0) is 0 Å². The van der Waals surface area contributed by atoms with E-state index in [2.05, 4.69) is 13.8 Å². The second-order valence-electron chi connectivity index (χ2n) is 4.23. The number of aromatic nitrogens is 1. The van der Waals surface area contributed by atoms with Crippen LogP contribution in [0.5, 0.6) is 0 Å². The lowest BCUT2D eigenvalue weighted by atomic mass is 10.0. The molecule has 0 aliphatic heterocycles. The minimum Gasteiger partial charge on any atom is -0.462 e. The maximum absolute atomic E-state index is 5.40. The Kier molecular flexibility index (Phi) is 2.21. The summed E-state index contributed by atoms with van der Waals surface area (Å²) in [4.78, 5) is 4.69. The zero-order valence-electron chi connectivity index (χ0n) is 9.41. The highest BCUT2D eigenvalue weighted by atomic mass is 32.1. The number of thiazole rings is 1. The summed E-state index contributed by atoms with van der Waals surface area (Å²) in [7, 11) is 0. The van der Waals surface area contributed by atoms with Gasteiger partial charge in [-0.1, -0.05) is 5.57 Å². The largest absolute Gasteiger partial charge is 0.462 e. The predicted molar refractivity (Wildman–Crippen MR) is 66.5 cm³/mol. The normalized spacial score (nSPS) is 15.4. The Hall–Kier alpha value is -1.35. The SMILES string of the molecule is CC1=c2nc(-c3ccco3)sc2=C(C)CC1. The van der Waals surface area contributed by atoms with Gasteiger partial charge in [0.25, 0.3) is 0 Å². The minimum absolute atomic E-state index is 0.875. The number of hydrogen-bond acceptors (Lipinski definition) is 3. The van der Waals surface area contributed by atoms with Crippen molar-refractivity contribution in [3.05, 3.63) is 28.3 Å². The number of furan rings is 1. The summed E-state index contributed by atoms with van der Waals surface area (Å²) in [6, 6.07) is 3.87. The predicted octanol–water partition coefficient (Wildman–Crippen LogP) is 2.54. The maximum atomic E-state index is 5.40. The van der Waals surface area contributed by atoms with E-state index in [9.17, 15) is 0 Å². The lowest BCUT2D eigenvalue weighted by Gasteiger charge is -2.05. The first-order valence-electron chi connectivity index (χ1n) is 5.46. The second-order valence-corrected chi connectivity index (χ2v) is 5.23. The molecule has 0 unspecified atom stereocenters. The fourth-order valence-electron chi connectivity index (χ4n) is 2.01. The van der Waals surface area contributed by atoms with Crippen molar-refractivity contribution in [3.63, 3.8) is 0 Å². The van der Waals surface area contributed by atoms with Gasteiger partial charge in [-0.3, -0.25) is 0 Å². The highest BCUT2D eigenvalue weighted by Gasteiger charge is 2.12. The molecule has 0 bridgehead atoms. The van der Waals surface area contributed by atoms with Crippen molar-refractivity contribution in [2.24, 2.45) is 0 Å². The molecule has 3 rings (SSSR count). The van der Waals surface area contributed by atoms with Gasteiger partial charge in [0.2, 0.25) is 0 Å². The van der Waals surface area contributed by atoms with Crippen molar-refractivity contribution in [1.82, 2.24) is 4.98 Å². The van der Waals surface area contributed by atoms with Gasteiger partial charge in [-0.25, -0.2) is 4.98 Å². The summed E-state index contributed by atoms with van der Waals surface area (Å²) >= 11 is 1.74. The molecule has 82 valence electrons. The molecule has 0 spiro atoms. The zero-order chi connectivity index (χ0) is 11.1. The molecule has 0 atom stereocenters. The average Bonchev–Trinajstić information content (AvgIpc) is 2.90. The first-order chi connectivity index (χ1) is 7.75. The fraction of sp³-hybridized carbons (Fsp3) is 0.308. The number of fused-ring (bicyclic) bond motifs is 1. The van der Waals surface area contributed by atoms with Crippen molar-refractivity contribution in [2.45, 2.75) is 26.7 Å². The van der Waals surface area contributed by atoms with E-state index >= 15 is 0 Å². The van der Waals surface area contributed by atoms with Gasteiger partial charge in [0.05, 0.1) is 16.1 Å². The van der Waals surface area contributed by atoms with Crippen LogP contribution in [0.2, 0.25) is 0 Å². The highest BCUT2D eigenvalue weighted by Crippen LogP contribution is 2.21. The average molecular weight is 231 g/mol. The topological polar surface area (TPSA) is 26.0 Å². The summed E-state index contributed by atoms with van der Waals surface area (Å²) in [5.74, 6) is 0.875. The molecule has 1 aliphatic carbocycles. The van der Waals surface area contributed by atoms with E-state index in [1.54, 1.807) is 17.6 Å². The van der Waals surface area contributed by atoms with E-state index in [1.807, 2.05) is 12.1 Å². The van der Waals surface area contributed by atoms with Gasteiger partial charge < -0.3 is 4.42 Å². The lowest BCUT2D eigenvalue weighted by Crippen LogP contribution is -2.28. The quantitative estimate of drug-likeness (QED) is 0.754. The molecule has 2 heterocycles. The van der Waals surface area contributed by atoms with E-state index in [1.165, 1.54) is 27.4 Å². The monoisotopic (exact) mass is 231 g/mol. The second kappa shape index (κ2) is 3.59. The molecule has 0 amide bonds. The third kappa shape index (κ3) is 1.43. The van der Waals surface area contributed by atoms with Gasteiger partial charge in [-0.15, -0.1) is 11.3 Å². The Morgan fingerprint density at radius 1 is 1.25 bits per heavy atom. The molecule has 0 fully saturated rings. The Balaban J connectivity index is 2.32. The fourth-order valence-corrected chi connectivity index (χ4v) is 3.15. The molecule has 1 aliphatic rings. The number of rotatable bonds is 1. The van der Waals surface area contributed by atoms with E-state index in [-0.39, 0.29) is 0 Å². The summed E-state index contributed by atoms with van der Waals surface area (Å²) in [5, 5.41) is 2.18. The first kappa shape index (κ1) is 9.85. The van der Waals surface area contributed by atoms with Crippen LogP contribution in [0.15, 0.2) is 22.8 Å².